The molecule has 0 saturated carbocycles. The van der Waals surface area contributed by atoms with Crippen LogP contribution < -0.4 is 11.3 Å². The summed E-state index contributed by atoms with van der Waals surface area (Å²) in [6, 6.07) is 12.1. The van der Waals surface area contributed by atoms with Crippen molar-refractivity contribution in [2.75, 3.05) is 7.11 Å². The molecule has 106 valence electrons. The fourth-order valence-electron chi connectivity index (χ4n) is 2.25. The van der Waals surface area contributed by atoms with Crippen molar-refractivity contribution < 1.29 is 4.74 Å². The van der Waals surface area contributed by atoms with E-state index in [9.17, 15) is 0 Å². The molecule has 0 bridgehead atoms. The third-order valence-corrected chi connectivity index (χ3v) is 3.61. The van der Waals surface area contributed by atoms with Gasteiger partial charge in [-0.2, -0.15) is 0 Å². The number of benzene rings is 1. The van der Waals surface area contributed by atoms with Gasteiger partial charge >= 0.3 is 0 Å². The first kappa shape index (κ1) is 15.1. The van der Waals surface area contributed by atoms with Crippen molar-refractivity contribution in [3.63, 3.8) is 0 Å². The van der Waals surface area contributed by atoms with Crippen molar-refractivity contribution in [3.8, 4) is 0 Å². The van der Waals surface area contributed by atoms with Gasteiger partial charge in [0.2, 0.25) is 0 Å². The van der Waals surface area contributed by atoms with Crippen LogP contribution in [0.2, 0.25) is 0 Å². The number of methoxy groups -OCH3 is 1. The lowest BCUT2D eigenvalue weighted by Gasteiger charge is -2.26. The van der Waals surface area contributed by atoms with E-state index in [2.05, 4.69) is 26.3 Å². The van der Waals surface area contributed by atoms with Crippen molar-refractivity contribution in [2.24, 2.45) is 5.84 Å². The van der Waals surface area contributed by atoms with Gasteiger partial charge in [0.1, 0.15) is 0 Å². The number of nitrogens with one attached hydrogen (secondary N) is 1. The molecule has 20 heavy (non-hydrogen) atoms. The zero-order valence-electron chi connectivity index (χ0n) is 11.3. The topological polar surface area (TPSA) is 60.2 Å². The van der Waals surface area contributed by atoms with Crippen LogP contribution in [0.4, 0.5) is 0 Å². The minimum Gasteiger partial charge on any atom is -0.375 e. The maximum Gasteiger partial charge on any atom is 0.0990 e. The number of pyridine rings is 1. The van der Waals surface area contributed by atoms with Crippen molar-refractivity contribution in [2.45, 2.75) is 18.6 Å². The quantitative estimate of drug-likeness (QED) is 0.629. The number of nitrogens with zero attached hydrogens (tertiary/aromatic N) is 1. The van der Waals surface area contributed by atoms with Gasteiger partial charge in [-0.1, -0.05) is 30.3 Å². The summed E-state index contributed by atoms with van der Waals surface area (Å²) in [7, 11) is 1.70. The van der Waals surface area contributed by atoms with E-state index in [0.29, 0.717) is 0 Å². The Bertz CT molecular complexity index is 536. The van der Waals surface area contributed by atoms with E-state index in [-0.39, 0.29) is 12.1 Å². The van der Waals surface area contributed by atoms with Crippen LogP contribution in [0.3, 0.4) is 0 Å². The highest BCUT2D eigenvalue weighted by Gasteiger charge is 2.22. The summed E-state index contributed by atoms with van der Waals surface area (Å²) in [4.78, 5) is 4.17. The summed E-state index contributed by atoms with van der Waals surface area (Å²) in [5, 5.41) is 0. The Hall–Kier alpha value is -1.27. The summed E-state index contributed by atoms with van der Waals surface area (Å²) in [6.45, 7) is 0. The lowest BCUT2D eigenvalue weighted by Crippen LogP contribution is -2.42. The zero-order chi connectivity index (χ0) is 14.4. The van der Waals surface area contributed by atoms with Crippen LogP contribution >= 0.6 is 15.9 Å². The van der Waals surface area contributed by atoms with E-state index in [1.807, 2.05) is 42.6 Å². The molecule has 1 heterocycles. The molecule has 2 aromatic rings. The smallest absolute Gasteiger partial charge is 0.0990 e. The highest BCUT2D eigenvalue weighted by molar-refractivity contribution is 9.10. The van der Waals surface area contributed by atoms with Crippen LogP contribution in [0.1, 0.15) is 17.2 Å². The molecule has 2 rings (SSSR count). The highest BCUT2D eigenvalue weighted by Crippen LogP contribution is 2.23. The van der Waals surface area contributed by atoms with Crippen molar-refractivity contribution in [1.29, 1.82) is 0 Å². The molecule has 0 saturated heterocycles. The molecule has 0 aliphatic carbocycles. The SMILES string of the molecule is COC(c1ccccc1)C(Cc1cncc(Br)c1)NN. The molecule has 2 unspecified atom stereocenters. The summed E-state index contributed by atoms with van der Waals surface area (Å²) in [5.41, 5.74) is 5.05. The van der Waals surface area contributed by atoms with Gasteiger partial charge in [0, 0.05) is 24.0 Å². The Kier molecular flexibility index (Phi) is 5.67. The Morgan fingerprint density at radius 1 is 1.30 bits per heavy atom. The molecule has 0 fully saturated rings. The van der Waals surface area contributed by atoms with Crippen LogP contribution in [0, 0.1) is 0 Å². The predicted molar refractivity (Wildman–Crippen MR) is 82.9 cm³/mol. The molecular weight excluding hydrogens is 318 g/mol. The molecule has 1 aromatic heterocycles. The monoisotopic (exact) mass is 335 g/mol. The van der Waals surface area contributed by atoms with Gasteiger partial charge in [0.05, 0.1) is 12.1 Å². The third kappa shape index (κ3) is 3.86. The summed E-state index contributed by atoms with van der Waals surface area (Å²) >= 11 is 3.43. The number of halogens is 1. The zero-order valence-corrected chi connectivity index (χ0v) is 12.9. The minimum atomic E-state index is -0.111. The molecular formula is C15H18BrN3O. The molecule has 0 aliphatic heterocycles. The van der Waals surface area contributed by atoms with Crippen LogP contribution in [0.15, 0.2) is 53.3 Å². The highest BCUT2D eigenvalue weighted by atomic mass is 79.9. The maximum atomic E-state index is 5.71. The molecule has 5 heteroatoms. The first-order valence-corrected chi connectivity index (χ1v) is 7.17. The summed E-state index contributed by atoms with van der Waals surface area (Å²) < 4.78 is 6.58. The second-order valence-electron chi connectivity index (χ2n) is 4.56. The Morgan fingerprint density at radius 2 is 2.05 bits per heavy atom. The van der Waals surface area contributed by atoms with Crippen molar-refractivity contribution in [3.05, 3.63) is 64.4 Å². The standard InChI is InChI=1S/C15H18BrN3O/c1-20-15(12-5-3-2-4-6-12)14(19-17)8-11-7-13(16)10-18-9-11/h2-7,9-10,14-15,19H,8,17H2,1H3. The van der Waals surface area contributed by atoms with E-state index in [1.165, 1.54) is 0 Å². The second-order valence-corrected chi connectivity index (χ2v) is 5.47. The number of aromatic nitrogens is 1. The molecule has 3 N–H and O–H groups in total. The van der Waals surface area contributed by atoms with Crippen LogP contribution in [0.5, 0.6) is 0 Å². The first-order valence-electron chi connectivity index (χ1n) is 6.38. The van der Waals surface area contributed by atoms with Crippen LogP contribution in [-0.4, -0.2) is 18.1 Å². The average Bonchev–Trinajstić information content (AvgIpc) is 2.48. The number of nitrogens with two attached hydrogens (primary N) is 1. The number of hydrogen-bond acceptors (Lipinski definition) is 4. The predicted octanol–water partition coefficient (Wildman–Crippen LogP) is 2.61. The Balaban J connectivity index is 2.18. The molecule has 0 spiro atoms. The third-order valence-electron chi connectivity index (χ3n) is 3.18. The van der Waals surface area contributed by atoms with E-state index in [0.717, 1.165) is 22.0 Å². The van der Waals surface area contributed by atoms with Gasteiger partial charge < -0.3 is 4.74 Å². The molecule has 4 nitrogen and oxygen atoms in total. The van der Waals surface area contributed by atoms with E-state index < -0.39 is 0 Å². The summed E-state index contributed by atoms with van der Waals surface area (Å²) in [6.07, 6.45) is 4.22. The van der Waals surface area contributed by atoms with Gasteiger partial charge in [-0.3, -0.25) is 16.3 Å². The average molecular weight is 336 g/mol. The van der Waals surface area contributed by atoms with Crippen LogP contribution in [-0.2, 0) is 11.2 Å². The van der Waals surface area contributed by atoms with Gasteiger partial charge in [0.15, 0.2) is 0 Å². The first-order chi connectivity index (χ1) is 9.74. The van der Waals surface area contributed by atoms with Gasteiger partial charge in [-0.05, 0) is 39.5 Å². The molecule has 0 aliphatic rings. The normalized spacial score (nSPS) is 13.9. The molecule has 0 radical (unpaired) electrons. The van der Waals surface area contributed by atoms with Gasteiger partial charge in [-0.15, -0.1) is 0 Å². The number of hydrazine groups is 1. The Labute approximate surface area is 127 Å². The lowest BCUT2D eigenvalue weighted by molar-refractivity contribution is 0.0678. The number of rotatable bonds is 6. The molecule has 0 amide bonds. The second kappa shape index (κ2) is 7.50. The van der Waals surface area contributed by atoms with Crippen molar-refractivity contribution >= 4 is 15.9 Å². The van der Waals surface area contributed by atoms with Gasteiger partial charge in [-0.25, -0.2) is 0 Å². The van der Waals surface area contributed by atoms with E-state index >= 15 is 0 Å². The number of hydrogen-bond donors (Lipinski definition) is 2. The van der Waals surface area contributed by atoms with E-state index in [1.54, 1.807) is 13.3 Å². The lowest BCUT2D eigenvalue weighted by atomic mass is 9.97. The maximum absolute atomic E-state index is 5.71. The number of ether oxygens (including phenoxy) is 1. The van der Waals surface area contributed by atoms with E-state index in [4.69, 9.17) is 10.6 Å². The Morgan fingerprint density at radius 3 is 2.65 bits per heavy atom. The van der Waals surface area contributed by atoms with Crippen LogP contribution in [0.25, 0.3) is 0 Å². The fourth-order valence-corrected chi connectivity index (χ4v) is 2.66. The summed E-state index contributed by atoms with van der Waals surface area (Å²) in [5.74, 6) is 5.71. The van der Waals surface area contributed by atoms with Gasteiger partial charge in [0.25, 0.3) is 0 Å². The molecule has 2 atom stereocenters. The molecule has 1 aromatic carbocycles. The van der Waals surface area contributed by atoms with Crippen molar-refractivity contribution in [1.82, 2.24) is 10.4 Å². The minimum absolute atomic E-state index is 0.0292. The fraction of sp³-hybridized carbons (Fsp3) is 0.267. The largest absolute Gasteiger partial charge is 0.375 e.